The molecule has 1 N–H and O–H groups in total. The Morgan fingerprint density at radius 3 is 2.54 bits per heavy atom. The standard InChI is InChI=1S/C27H28ClN7O2/c1-16-12-21(30-29-16)24(36)32-10-11-33-25(37)22-14-34-23(35(22)27(33,5)15-32)19(26(2,3)4)13-20(31-34)17-6-8-18(28)9-7-17/h6-9,12-14H,10-11,15H2,1-5H3/p+1. The van der Waals surface area contributed by atoms with Crippen LogP contribution in [0.2, 0.25) is 5.02 Å². The number of halogens is 1. The van der Waals surface area contributed by atoms with E-state index in [1.165, 1.54) is 0 Å². The summed E-state index contributed by atoms with van der Waals surface area (Å²) in [6, 6.07) is 11.4. The van der Waals surface area contributed by atoms with Gasteiger partial charge in [-0.2, -0.15) is 9.67 Å². The molecule has 2 aliphatic heterocycles. The summed E-state index contributed by atoms with van der Waals surface area (Å²) in [6.45, 7) is 11.6. The molecule has 4 aromatic rings. The summed E-state index contributed by atoms with van der Waals surface area (Å²) in [7, 11) is 0. The number of nitrogens with one attached hydrogen (secondary N) is 1. The molecule has 0 spiro atoms. The monoisotopic (exact) mass is 518 g/mol. The van der Waals surface area contributed by atoms with Crippen LogP contribution in [0.5, 0.6) is 0 Å². The van der Waals surface area contributed by atoms with Gasteiger partial charge in [0, 0.05) is 36.3 Å². The number of carbonyl (C=O) groups excluding carboxylic acids is 2. The highest BCUT2D eigenvalue weighted by molar-refractivity contribution is 6.30. The lowest BCUT2D eigenvalue weighted by atomic mass is 9.87. The van der Waals surface area contributed by atoms with Crippen molar-refractivity contribution in [1.29, 1.82) is 0 Å². The highest BCUT2D eigenvalue weighted by Crippen LogP contribution is 2.36. The number of hydrogen-bond acceptors (Lipinski definition) is 4. The molecule has 0 bridgehead atoms. The fourth-order valence-electron chi connectivity index (χ4n) is 5.57. The molecule has 1 unspecified atom stereocenters. The summed E-state index contributed by atoms with van der Waals surface area (Å²) in [5.41, 5.74) is 4.43. The van der Waals surface area contributed by atoms with E-state index < -0.39 is 5.66 Å². The van der Waals surface area contributed by atoms with Crippen LogP contribution in [-0.2, 0) is 11.1 Å². The van der Waals surface area contributed by atoms with E-state index in [9.17, 15) is 9.59 Å². The highest BCUT2D eigenvalue weighted by Gasteiger charge is 2.57. The molecule has 3 aromatic heterocycles. The number of hydrogen-bond donors (Lipinski definition) is 1. The average Bonchev–Trinajstić information content (AvgIpc) is 3.51. The number of piperazine rings is 1. The number of rotatable bonds is 2. The first-order chi connectivity index (χ1) is 17.5. The maximum absolute atomic E-state index is 13.6. The quantitative estimate of drug-likeness (QED) is 0.411. The van der Waals surface area contributed by atoms with E-state index in [2.05, 4.69) is 41.6 Å². The second-order valence-corrected chi connectivity index (χ2v) is 11.6. The Labute approximate surface area is 219 Å². The van der Waals surface area contributed by atoms with Gasteiger partial charge < -0.3 is 4.90 Å². The molecule has 10 heteroatoms. The lowest BCUT2D eigenvalue weighted by Gasteiger charge is -2.42. The molecule has 0 radical (unpaired) electrons. The zero-order valence-corrected chi connectivity index (χ0v) is 22.3. The number of aromatic nitrogens is 5. The number of aryl methyl sites for hydroxylation is 1. The minimum atomic E-state index is -0.760. The van der Waals surface area contributed by atoms with Gasteiger partial charge in [0.1, 0.15) is 11.4 Å². The lowest BCUT2D eigenvalue weighted by molar-refractivity contribution is -0.749. The summed E-state index contributed by atoms with van der Waals surface area (Å²) in [6.07, 6.45) is 1.82. The van der Waals surface area contributed by atoms with Gasteiger partial charge in [-0.15, -0.1) is 0 Å². The Bertz CT molecular complexity index is 1580. The van der Waals surface area contributed by atoms with Crippen LogP contribution in [0, 0.1) is 6.92 Å². The van der Waals surface area contributed by atoms with Crippen molar-refractivity contribution in [1.82, 2.24) is 29.6 Å². The average molecular weight is 519 g/mol. The van der Waals surface area contributed by atoms with Crippen molar-refractivity contribution in [2.75, 3.05) is 19.6 Å². The topological polar surface area (TPSA) is 90.5 Å². The third-order valence-electron chi connectivity index (χ3n) is 7.42. The molecule has 37 heavy (non-hydrogen) atoms. The summed E-state index contributed by atoms with van der Waals surface area (Å²) in [4.78, 5) is 30.6. The van der Waals surface area contributed by atoms with Gasteiger partial charge in [-0.05, 0) is 36.6 Å². The van der Waals surface area contributed by atoms with Gasteiger partial charge in [-0.1, -0.05) is 54.1 Å². The second kappa shape index (κ2) is 7.89. The smallest absolute Gasteiger partial charge is 0.313 e. The van der Waals surface area contributed by atoms with Crippen molar-refractivity contribution in [3.8, 4) is 11.3 Å². The second-order valence-electron chi connectivity index (χ2n) is 11.2. The van der Waals surface area contributed by atoms with E-state index in [1.54, 1.807) is 11.0 Å². The summed E-state index contributed by atoms with van der Waals surface area (Å²) in [5, 5.41) is 12.6. The van der Waals surface area contributed by atoms with Gasteiger partial charge >= 0.3 is 11.6 Å². The molecule has 0 aliphatic carbocycles. The van der Waals surface area contributed by atoms with E-state index in [-0.39, 0.29) is 17.2 Å². The zero-order chi connectivity index (χ0) is 26.3. The largest absolute Gasteiger partial charge is 0.329 e. The lowest BCUT2D eigenvalue weighted by Crippen LogP contribution is -2.69. The number of fused-ring (bicyclic) bond motifs is 5. The van der Waals surface area contributed by atoms with Crippen molar-refractivity contribution in [2.45, 2.75) is 45.7 Å². The van der Waals surface area contributed by atoms with Crippen molar-refractivity contribution >= 4 is 29.1 Å². The van der Waals surface area contributed by atoms with Crippen molar-refractivity contribution in [3.63, 3.8) is 0 Å². The molecule has 1 saturated heterocycles. The predicted molar refractivity (Wildman–Crippen MR) is 138 cm³/mol. The fourth-order valence-corrected chi connectivity index (χ4v) is 5.70. The van der Waals surface area contributed by atoms with Gasteiger partial charge in [0.2, 0.25) is 11.4 Å². The summed E-state index contributed by atoms with van der Waals surface area (Å²) in [5.74, 6) is -0.196. The third-order valence-corrected chi connectivity index (χ3v) is 7.68. The number of H-pyrrole nitrogens is 1. The van der Waals surface area contributed by atoms with E-state index in [0.717, 1.165) is 28.2 Å². The maximum atomic E-state index is 13.6. The van der Waals surface area contributed by atoms with Gasteiger partial charge in [-0.3, -0.25) is 19.6 Å². The van der Waals surface area contributed by atoms with Crippen LogP contribution in [0.3, 0.4) is 0 Å². The normalized spacial score (nSPS) is 19.5. The summed E-state index contributed by atoms with van der Waals surface area (Å²) < 4.78 is 3.89. The third kappa shape index (κ3) is 3.55. The molecule has 5 heterocycles. The molecule has 2 amide bonds. The number of imidazole rings is 1. The maximum Gasteiger partial charge on any atom is 0.313 e. The SMILES string of the molecule is Cc1cc(C(=O)N2CCN3C(=O)c4cn5nc(-c6ccc(Cl)cc6)cc(C(C)(C)C)c5[n+]4C3(C)C2)n[nH]1. The molecule has 1 aromatic carbocycles. The van der Waals surface area contributed by atoms with Crippen molar-refractivity contribution < 1.29 is 14.2 Å². The first-order valence-electron chi connectivity index (χ1n) is 12.4. The van der Waals surface area contributed by atoms with Crippen LogP contribution in [0.15, 0.2) is 42.6 Å². The highest BCUT2D eigenvalue weighted by atomic mass is 35.5. The fraction of sp³-hybridized carbons (Fsp3) is 0.370. The number of benzene rings is 1. The van der Waals surface area contributed by atoms with Crippen LogP contribution >= 0.6 is 11.6 Å². The van der Waals surface area contributed by atoms with Crippen LogP contribution in [0.4, 0.5) is 0 Å². The van der Waals surface area contributed by atoms with E-state index >= 15 is 0 Å². The van der Waals surface area contributed by atoms with Crippen molar-refractivity contribution in [2.24, 2.45) is 0 Å². The van der Waals surface area contributed by atoms with Gasteiger partial charge in [-0.25, -0.2) is 0 Å². The zero-order valence-electron chi connectivity index (χ0n) is 21.5. The van der Waals surface area contributed by atoms with Gasteiger partial charge in [0.15, 0.2) is 6.20 Å². The molecular formula is C27H29ClN7O2+. The number of carbonyl (C=O) groups is 2. The van der Waals surface area contributed by atoms with Crippen LogP contribution in [-0.4, -0.2) is 61.1 Å². The molecular weight excluding hydrogens is 490 g/mol. The summed E-state index contributed by atoms with van der Waals surface area (Å²) >= 11 is 6.11. The first-order valence-corrected chi connectivity index (χ1v) is 12.7. The molecule has 6 rings (SSSR count). The molecule has 9 nitrogen and oxygen atoms in total. The number of amides is 2. The van der Waals surface area contributed by atoms with Crippen LogP contribution < -0.4 is 4.57 Å². The van der Waals surface area contributed by atoms with Crippen LogP contribution in [0.1, 0.15) is 59.9 Å². The molecule has 0 saturated carbocycles. The Kier molecular flexibility index (Phi) is 5.04. The molecule has 1 atom stereocenters. The van der Waals surface area contributed by atoms with E-state index in [1.807, 2.05) is 53.7 Å². The minimum Gasteiger partial charge on any atom is -0.329 e. The van der Waals surface area contributed by atoms with E-state index in [0.29, 0.717) is 36.0 Å². The molecule has 2 aliphatic rings. The number of nitrogens with zero attached hydrogens (tertiary/aromatic N) is 6. The van der Waals surface area contributed by atoms with Crippen LogP contribution in [0.25, 0.3) is 16.9 Å². The Morgan fingerprint density at radius 1 is 1.16 bits per heavy atom. The molecule has 190 valence electrons. The molecule has 1 fully saturated rings. The Morgan fingerprint density at radius 2 is 1.89 bits per heavy atom. The van der Waals surface area contributed by atoms with E-state index in [4.69, 9.17) is 16.7 Å². The Hall–Kier alpha value is -3.72. The Balaban J connectivity index is 1.51. The van der Waals surface area contributed by atoms with Gasteiger partial charge in [0.05, 0.1) is 12.1 Å². The first kappa shape index (κ1) is 23.7. The van der Waals surface area contributed by atoms with Gasteiger partial charge in [0.25, 0.3) is 5.91 Å². The predicted octanol–water partition coefficient (Wildman–Crippen LogP) is 3.56. The van der Waals surface area contributed by atoms with Crippen molar-refractivity contribution in [3.05, 3.63) is 70.3 Å². The minimum absolute atomic E-state index is 0.0522. The number of aromatic amines is 1.